The third-order valence-corrected chi connectivity index (χ3v) is 10.7. The number of rotatable bonds is 14. The van der Waals surface area contributed by atoms with Crippen molar-refractivity contribution in [2.75, 3.05) is 38.5 Å². The Labute approximate surface area is 316 Å². The second-order valence-electron chi connectivity index (χ2n) is 12.0. The zero-order chi connectivity index (χ0) is 39.7. The molecule has 1 aromatic carbocycles. The predicted molar refractivity (Wildman–Crippen MR) is 185 cm³/mol. The second kappa shape index (κ2) is 15.3. The number of aromatic nitrogens is 1. The number of nitrogens with zero attached hydrogens (tertiary/aromatic N) is 5. The SMILES string of the molecule is CC(C)(O/N=C(\C(=O)N[C@@H]1C(=O)N2C[C@@](C(=O)O)(N3CCN(NC(=O)NOCCNC(=O)c4ccc(O)c(O)c4Cl)C3=O)S[C@H]12)c1csc(N)n1)C(=O)O. The first-order chi connectivity index (χ1) is 25.4. The van der Waals surface area contributed by atoms with Gasteiger partial charge in [0.2, 0.25) is 16.4 Å². The Kier molecular flexibility index (Phi) is 11.2. The lowest BCUT2D eigenvalue weighted by atomic mass is 10.1. The summed E-state index contributed by atoms with van der Waals surface area (Å²) in [5, 5.41) is 48.3. The molecule has 3 fully saturated rings. The Morgan fingerprint density at radius 1 is 1.17 bits per heavy atom. The Balaban J connectivity index is 1.16. The molecule has 0 unspecified atom stereocenters. The molecular weight excluding hydrogens is 784 g/mol. The number of hydroxylamine groups is 1. The van der Waals surface area contributed by atoms with Crippen molar-refractivity contribution in [3.8, 4) is 11.5 Å². The normalized spacial score (nSPS) is 20.9. The molecule has 54 heavy (non-hydrogen) atoms. The first-order valence-electron chi connectivity index (χ1n) is 15.4. The molecule has 0 radical (unpaired) electrons. The fourth-order valence-corrected chi connectivity index (χ4v) is 7.52. The Morgan fingerprint density at radius 2 is 1.89 bits per heavy atom. The summed E-state index contributed by atoms with van der Waals surface area (Å²) in [6, 6.07) is -0.985. The number of anilines is 1. The number of aliphatic carboxylic acids is 2. The van der Waals surface area contributed by atoms with Gasteiger partial charge in [0.1, 0.15) is 17.1 Å². The molecule has 26 heteroatoms. The summed E-state index contributed by atoms with van der Waals surface area (Å²) in [6.45, 7) is 1.15. The quantitative estimate of drug-likeness (QED) is 0.0358. The molecule has 0 spiro atoms. The van der Waals surface area contributed by atoms with Crippen LogP contribution in [0.2, 0.25) is 5.02 Å². The van der Waals surface area contributed by atoms with Gasteiger partial charge in [0.05, 0.1) is 30.3 Å². The standard InChI is InChI=1S/C28H31ClN10O13S2/c1-27(2,22(45)46)52-35-15(12-9-53-24(30)32-12)19(43)33-16-20(44)37-10-28(23(47)48,54-21(16)37)38-6-7-39(26(38)50)34-25(49)36-51-8-5-31-18(42)11-3-4-13(40)17(41)14(11)29/h3-4,9,16,21,40-41H,5-8,10H2,1-2H3,(H2,30,32)(H,31,42)(H,33,43)(H,45,46)(H,47,48)(H2,34,36,49)/b35-15-/t16-,21-,28-/m1/s1. The maximum atomic E-state index is 13.4. The molecule has 1 aromatic heterocycles. The highest BCUT2D eigenvalue weighted by atomic mass is 35.5. The molecule has 0 saturated carbocycles. The Morgan fingerprint density at radius 3 is 2.54 bits per heavy atom. The smallest absolute Gasteiger partial charge is 0.357 e. The van der Waals surface area contributed by atoms with Crippen molar-refractivity contribution < 1.29 is 63.7 Å². The summed E-state index contributed by atoms with van der Waals surface area (Å²) >= 11 is 7.52. The lowest BCUT2D eigenvalue weighted by molar-refractivity contribution is -0.161. The van der Waals surface area contributed by atoms with Crippen LogP contribution in [0.1, 0.15) is 29.9 Å². The highest BCUT2D eigenvalue weighted by Crippen LogP contribution is 2.49. The van der Waals surface area contributed by atoms with Crippen molar-refractivity contribution in [1.82, 2.24) is 41.3 Å². The lowest BCUT2D eigenvalue weighted by Gasteiger charge is -2.41. The number of oxime groups is 1. The molecule has 0 bridgehead atoms. The van der Waals surface area contributed by atoms with E-state index in [4.69, 9.17) is 27.0 Å². The second-order valence-corrected chi connectivity index (χ2v) is 14.6. The van der Waals surface area contributed by atoms with Gasteiger partial charge >= 0.3 is 24.0 Å². The number of phenolic OH excluding ortho intramolecular Hbond substituents is 2. The summed E-state index contributed by atoms with van der Waals surface area (Å²) in [7, 11) is 0. The number of urea groups is 2. The minimum Gasteiger partial charge on any atom is -0.504 e. The number of nitrogens with one attached hydrogen (secondary N) is 4. The predicted octanol–water partition coefficient (Wildman–Crippen LogP) is -1.13. The number of hydrazine groups is 1. The number of β-lactam (4-membered cyclic amide) rings is 1. The van der Waals surface area contributed by atoms with Crippen LogP contribution in [0.25, 0.3) is 0 Å². The van der Waals surface area contributed by atoms with Crippen LogP contribution >= 0.6 is 34.7 Å². The number of hydrogen-bond donors (Lipinski definition) is 9. The van der Waals surface area contributed by atoms with Gasteiger partial charge in [-0.05, 0) is 26.0 Å². The van der Waals surface area contributed by atoms with Gasteiger partial charge in [-0.3, -0.25) is 24.1 Å². The molecule has 10 N–H and O–H groups in total. The molecule has 4 heterocycles. The topological polar surface area (TPSA) is 328 Å². The van der Waals surface area contributed by atoms with E-state index in [1.54, 1.807) is 0 Å². The van der Waals surface area contributed by atoms with E-state index in [9.17, 15) is 54.0 Å². The van der Waals surface area contributed by atoms with Crippen LogP contribution in [0, 0.1) is 0 Å². The van der Waals surface area contributed by atoms with E-state index in [2.05, 4.69) is 26.2 Å². The number of thioether (sulfide) groups is 1. The Hall–Kier alpha value is -5.79. The van der Waals surface area contributed by atoms with E-state index in [-0.39, 0.29) is 47.7 Å². The monoisotopic (exact) mass is 814 g/mol. The number of carboxylic acid groups (broad SMARTS) is 2. The van der Waals surface area contributed by atoms with Crippen LogP contribution in [0.3, 0.4) is 0 Å². The molecule has 5 rings (SSSR count). The third-order valence-electron chi connectivity index (χ3n) is 8.00. The molecule has 290 valence electrons. The van der Waals surface area contributed by atoms with Gasteiger partial charge in [-0.2, -0.15) is 0 Å². The maximum absolute atomic E-state index is 13.4. The number of halogens is 1. The number of carbonyl (C=O) groups is 7. The summed E-state index contributed by atoms with van der Waals surface area (Å²) in [5.41, 5.74) is 7.34. The lowest BCUT2D eigenvalue weighted by Crippen LogP contribution is -2.68. The van der Waals surface area contributed by atoms with Crippen molar-refractivity contribution >= 4 is 87.3 Å². The van der Waals surface area contributed by atoms with Gasteiger partial charge in [0.25, 0.3) is 11.8 Å². The van der Waals surface area contributed by atoms with Crippen molar-refractivity contribution in [3.05, 3.63) is 33.8 Å². The fraction of sp³-hybridized carbons (Fsp3) is 0.393. The average molecular weight is 815 g/mol. The van der Waals surface area contributed by atoms with E-state index < -0.39 is 87.4 Å². The largest absolute Gasteiger partial charge is 0.504 e. The highest BCUT2D eigenvalue weighted by Gasteiger charge is 2.66. The number of benzene rings is 1. The number of carboxylic acids is 2. The van der Waals surface area contributed by atoms with Gasteiger partial charge in [-0.25, -0.2) is 40.1 Å². The minimum atomic E-state index is -2.02. The number of carbonyl (C=O) groups excluding carboxylic acids is 5. The van der Waals surface area contributed by atoms with Crippen molar-refractivity contribution in [2.45, 2.75) is 35.7 Å². The van der Waals surface area contributed by atoms with E-state index in [0.717, 1.165) is 32.2 Å². The van der Waals surface area contributed by atoms with Crippen molar-refractivity contribution in [3.63, 3.8) is 0 Å². The van der Waals surface area contributed by atoms with E-state index in [1.165, 1.54) is 25.3 Å². The van der Waals surface area contributed by atoms with Crippen LogP contribution in [0.5, 0.6) is 11.5 Å². The van der Waals surface area contributed by atoms with E-state index in [0.29, 0.717) is 11.8 Å². The number of aromatic hydroxyl groups is 2. The number of nitrogen functional groups attached to an aromatic ring is 1. The zero-order valence-electron chi connectivity index (χ0n) is 27.9. The van der Waals surface area contributed by atoms with Crippen LogP contribution in [0.4, 0.5) is 14.7 Å². The van der Waals surface area contributed by atoms with Gasteiger partial charge in [0.15, 0.2) is 22.3 Å². The van der Waals surface area contributed by atoms with Crippen molar-refractivity contribution in [1.29, 1.82) is 0 Å². The molecule has 3 atom stereocenters. The number of nitrogens with two attached hydrogens (primary N) is 1. The molecule has 2 aromatic rings. The first-order valence-corrected chi connectivity index (χ1v) is 17.5. The van der Waals surface area contributed by atoms with Crippen LogP contribution in [0.15, 0.2) is 22.7 Å². The highest BCUT2D eigenvalue weighted by molar-refractivity contribution is 8.02. The Bertz CT molecular complexity index is 1950. The van der Waals surface area contributed by atoms with Crippen molar-refractivity contribution in [2.24, 2.45) is 5.16 Å². The molecular formula is C28H31ClN10O13S2. The van der Waals surface area contributed by atoms with E-state index in [1.807, 2.05) is 5.48 Å². The summed E-state index contributed by atoms with van der Waals surface area (Å²) in [6.07, 6.45) is 0. The number of phenols is 2. The molecule has 7 amide bonds. The van der Waals surface area contributed by atoms with Gasteiger partial charge < -0.3 is 46.5 Å². The van der Waals surface area contributed by atoms with E-state index >= 15 is 0 Å². The first kappa shape index (κ1) is 39.4. The molecule has 3 aliphatic rings. The van der Waals surface area contributed by atoms with Gasteiger partial charge in [-0.1, -0.05) is 28.5 Å². The maximum Gasteiger partial charge on any atom is 0.357 e. The average Bonchev–Trinajstić information content (AvgIpc) is 3.81. The molecule has 0 aliphatic carbocycles. The summed E-state index contributed by atoms with van der Waals surface area (Å²) in [4.78, 5) is 103. The number of hydrogen-bond acceptors (Lipinski definition) is 16. The number of thiazole rings is 1. The minimum absolute atomic E-state index is 0.0534. The number of amides is 7. The van der Waals surface area contributed by atoms with Gasteiger partial charge in [0, 0.05) is 18.5 Å². The molecule has 3 aliphatic heterocycles. The van der Waals surface area contributed by atoms with Crippen LogP contribution in [-0.4, -0.2) is 142 Å². The molecule has 3 saturated heterocycles. The zero-order valence-corrected chi connectivity index (χ0v) is 30.3. The number of fused-ring (bicyclic) bond motifs is 1. The van der Waals surface area contributed by atoms with Crippen LogP contribution < -0.4 is 27.3 Å². The van der Waals surface area contributed by atoms with Gasteiger partial charge in [-0.15, -0.1) is 11.3 Å². The summed E-state index contributed by atoms with van der Waals surface area (Å²) < 4.78 is 0. The fourth-order valence-electron chi connectivity index (χ4n) is 5.09. The van der Waals surface area contributed by atoms with Crippen LogP contribution in [-0.2, 0) is 28.9 Å². The summed E-state index contributed by atoms with van der Waals surface area (Å²) in [5.74, 6) is -6.44. The third kappa shape index (κ3) is 7.64. The molecule has 23 nitrogen and oxygen atoms in total.